The summed E-state index contributed by atoms with van der Waals surface area (Å²) in [4.78, 5) is 15.0. The standard InChI is InChI=1S/C12H15N5O2/c1-8-6-16-17(7-8)5-4-15-11-10(13)9(12(18)19)2-3-14-11/h2-3,6-7H,4-5,13H2,1H3,(H,14,15)(H,18,19). The van der Waals surface area contributed by atoms with Gasteiger partial charge in [0.05, 0.1) is 24.0 Å². The van der Waals surface area contributed by atoms with Crippen LogP contribution in [-0.2, 0) is 6.54 Å². The lowest BCUT2D eigenvalue weighted by atomic mass is 10.2. The van der Waals surface area contributed by atoms with Crippen LogP contribution in [0.3, 0.4) is 0 Å². The Hall–Kier alpha value is -2.57. The number of anilines is 2. The van der Waals surface area contributed by atoms with Gasteiger partial charge in [-0.2, -0.15) is 5.10 Å². The van der Waals surface area contributed by atoms with Gasteiger partial charge >= 0.3 is 5.97 Å². The summed E-state index contributed by atoms with van der Waals surface area (Å²) in [6.07, 6.45) is 5.12. The van der Waals surface area contributed by atoms with E-state index in [0.29, 0.717) is 18.9 Å². The summed E-state index contributed by atoms with van der Waals surface area (Å²) in [6, 6.07) is 1.37. The van der Waals surface area contributed by atoms with Crippen molar-refractivity contribution in [3.63, 3.8) is 0 Å². The minimum atomic E-state index is -1.06. The van der Waals surface area contributed by atoms with Gasteiger partial charge in [-0.15, -0.1) is 0 Å². The van der Waals surface area contributed by atoms with Crippen molar-refractivity contribution in [2.45, 2.75) is 13.5 Å². The molecule has 2 heterocycles. The molecule has 0 aliphatic carbocycles. The number of aromatic carboxylic acids is 1. The van der Waals surface area contributed by atoms with Crippen LogP contribution in [0, 0.1) is 6.92 Å². The van der Waals surface area contributed by atoms with Gasteiger partial charge in [-0.3, -0.25) is 4.68 Å². The Balaban J connectivity index is 2.00. The van der Waals surface area contributed by atoms with E-state index < -0.39 is 5.97 Å². The van der Waals surface area contributed by atoms with E-state index in [0.717, 1.165) is 5.56 Å². The molecule has 0 saturated heterocycles. The molecule has 100 valence electrons. The van der Waals surface area contributed by atoms with Crippen LogP contribution in [0.2, 0.25) is 0 Å². The van der Waals surface area contributed by atoms with Gasteiger partial charge in [-0.25, -0.2) is 9.78 Å². The van der Waals surface area contributed by atoms with Gasteiger partial charge in [-0.05, 0) is 18.6 Å². The van der Waals surface area contributed by atoms with Crippen molar-refractivity contribution in [2.24, 2.45) is 0 Å². The predicted molar refractivity (Wildman–Crippen MR) is 71.1 cm³/mol. The second-order valence-corrected chi connectivity index (χ2v) is 4.13. The highest BCUT2D eigenvalue weighted by Crippen LogP contribution is 2.19. The number of hydrogen-bond acceptors (Lipinski definition) is 5. The first-order valence-electron chi connectivity index (χ1n) is 5.78. The molecular weight excluding hydrogens is 246 g/mol. The molecule has 7 nitrogen and oxygen atoms in total. The van der Waals surface area contributed by atoms with Crippen molar-refractivity contribution < 1.29 is 9.90 Å². The Labute approximate surface area is 110 Å². The molecule has 7 heteroatoms. The lowest BCUT2D eigenvalue weighted by Gasteiger charge is -2.09. The highest BCUT2D eigenvalue weighted by molar-refractivity contribution is 5.96. The van der Waals surface area contributed by atoms with Crippen molar-refractivity contribution in [2.75, 3.05) is 17.6 Å². The largest absolute Gasteiger partial charge is 0.478 e. The summed E-state index contributed by atoms with van der Waals surface area (Å²) in [7, 11) is 0. The molecule has 0 spiro atoms. The van der Waals surface area contributed by atoms with Crippen molar-refractivity contribution >= 4 is 17.5 Å². The number of nitrogens with zero attached hydrogens (tertiary/aromatic N) is 3. The van der Waals surface area contributed by atoms with Crippen LogP contribution >= 0.6 is 0 Å². The van der Waals surface area contributed by atoms with Crippen LogP contribution in [0.25, 0.3) is 0 Å². The van der Waals surface area contributed by atoms with Crippen molar-refractivity contribution in [1.29, 1.82) is 0 Å². The zero-order valence-corrected chi connectivity index (χ0v) is 10.5. The fourth-order valence-corrected chi connectivity index (χ4v) is 1.68. The van der Waals surface area contributed by atoms with E-state index in [1.54, 1.807) is 10.9 Å². The number of nitrogens with one attached hydrogen (secondary N) is 1. The molecule has 0 atom stereocenters. The third-order valence-electron chi connectivity index (χ3n) is 2.62. The van der Waals surface area contributed by atoms with Crippen LogP contribution in [0.5, 0.6) is 0 Å². The number of carboxylic acids is 1. The van der Waals surface area contributed by atoms with Gasteiger partial charge in [0.15, 0.2) is 0 Å². The van der Waals surface area contributed by atoms with Crippen LogP contribution in [0.4, 0.5) is 11.5 Å². The van der Waals surface area contributed by atoms with Gasteiger partial charge < -0.3 is 16.2 Å². The molecule has 19 heavy (non-hydrogen) atoms. The fraction of sp³-hybridized carbons (Fsp3) is 0.250. The molecule has 4 N–H and O–H groups in total. The normalized spacial score (nSPS) is 10.4. The smallest absolute Gasteiger partial charge is 0.337 e. The third kappa shape index (κ3) is 3.01. The first-order valence-corrected chi connectivity index (χ1v) is 5.78. The van der Waals surface area contributed by atoms with Gasteiger partial charge in [0, 0.05) is 18.9 Å². The van der Waals surface area contributed by atoms with E-state index in [1.807, 2.05) is 13.1 Å². The third-order valence-corrected chi connectivity index (χ3v) is 2.62. The summed E-state index contributed by atoms with van der Waals surface area (Å²) in [5.74, 6) is -0.686. The SMILES string of the molecule is Cc1cnn(CCNc2nccc(C(=O)O)c2N)c1. The molecule has 0 aromatic carbocycles. The molecule has 0 saturated carbocycles. The Morgan fingerprint density at radius 3 is 3.00 bits per heavy atom. The molecular formula is C12H15N5O2. The monoisotopic (exact) mass is 261 g/mol. The molecule has 0 aliphatic rings. The number of aromatic nitrogens is 3. The first-order chi connectivity index (χ1) is 9.08. The number of nitrogens with two attached hydrogens (primary N) is 1. The number of nitrogen functional groups attached to an aromatic ring is 1. The number of aryl methyl sites for hydroxylation is 1. The lowest BCUT2D eigenvalue weighted by molar-refractivity contribution is 0.0698. The van der Waals surface area contributed by atoms with Crippen molar-refractivity contribution in [3.05, 3.63) is 35.8 Å². The summed E-state index contributed by atoms with van der Waals surface area (Å²) in [6.45, 7) is 3.17. The van der Waals surface area contributed by atoms with Crippen molar-refractivity contribution in [1.82, 2.24) is 14.8 Å². The molecule has 2 aromatic rings. The molecule has 2 rings (SSSR count). The Morgan fingerprint density at radius 1 is 1.58 bits per heavy atom. The molecule has 0 fully saturated rings. The minimum absolute atomic E-state index is 0.0485. The maximum absolute atomic E-state index is 10.9. The average molecular weight is 261 g/mol. The highest BCUT2D eigenvalue weighted by atomic mass is 16.4. The number of carbonyl (C=O) groups is 1. The van der Waals surface area contributed by atoms with Gasteiger partial charge in [0.2, 0.25) is 0 Å². The van der Waals surface area contributed by atoms with Gasteiger partial charge in [-0.1, -0.05) is 0 Å². The second-order valence-electron chi connectivity index (χ2n) is 4.13. The van der Waals surface area contributed by atoms with E-state index in [4.69, 9.17) is 10.8 Å². The molecule has 0 aliphatic heterocycles. The average Bonchev–Trinajstić information content (AvgIpc) is 2.77. The summed E-state index contributed by atoms with van der Waals surface area (Å²) in [5.41, 5.74) is 7.02. The van der Waals surface area contributed by atoms with E-state index in [-0.39, 0.29) is 11.3 Å². The topological polar surface area (TPSA) is 106 Å². The van der Waals surface area contributed by atoms with Gasteiger partial charge in [0.25, 0.3) is 0 Å². The second kappa shape index (κ2) is 5.38. The van der Waals surface area contributed by atoms with E-state index in [9.17, 15) is 4.79 Å². The summed E-state index contributed by atoms with van der Waals surface area (Å²) >= 11 is 0. The summed E-state index contributed by atoms with van der Waals surface area (Å²) < 4.78 is 1.79. The number of pyridine rings is 1. The van der Waals surface area contributed by atoms with E-state index in [1.165, 1.54) is 12.3 Å². The molecule has 0 unspecified atom stereocenters. The van der Waals surface area contributed by atoms with Crippen LogP contribution in [0.1, 0.15) is 15.9 Å². The lowest BCUT2D eigenvalue weighted by Crippen LogP contribution is -2.14. The molecule has 0 radical (unpaired) electrons. The first kappa shape index (κ1) is 12.9. The quantitative estimate of drug-likeness (QED) is 0.740. The minimum Gasteiger partial charge on any atom is -0.478 e. The zero-order chi connectivity index (χ0) is 13.8. The fourth-order valence-electron chi connectivity index (χ4n) is 1.68. The van der Waals surface area contributed by atoms with E-state index >= 15 is 0 Å². The summed E-state index contributed by atoms with van der Waals surface area (Å²) in [5, 5.41) is 16.1. The molecule has 0 amide bonds. The number of rotatable bonds is 5. The Kier molecular flexibility index (Phi) is 3.65. The molecule has 0 bridgehead atoms. The maximum atomic E-state index is 10.9. The van der Waals surface area contributed by atoms with E-state index in [2.05, 4.69) is 15.4 Å². The van der Waals surface area contributed by atoms with Gasteiger partial charge in [0.1, 0.15) is 5.82 Å². The van der Waals surface area contributed by atoms with Crippen LogP contribution in [0.15, 0.2) is 24.7 Å². The Morgan fingerprint density at radius 2 is 2.37 bits per heavy atom. The Bertz CT molecular complexity index is 594. The van der Waals surface area contributed by atoms with Crippen molar-refractivity contribution in [3.8, 4) is 0 Å². The maximum Gasteiger partial charge on any atom is 0.337 e. The number of carboxylic acid groups (broad SMARTS) is 1. The molecule has 2 aromatic heterocycles. The van der Waals surface area contributed by atoms with Crippen LogP contribution < -0.4 is 11.1 Å². The number of hydrogen-bond donors (Lipinski definition) is 3. The van der Waals surface area contributed by atoms with Crippen LogP contribution in [-0.4, -0.2) is 32.4 Å². The zero-order valence-electron chi connectivity index (χ0n) is 10.5. The highest BCUT2D eigenvalue weighted by Gasteiger charge is 2.11. The predicted octanol–water partition coefficient (Wildman–Crippen LogP) is 0.979.